The molecule has 1 aliphatic rings. The Kier molecular flexibility index (Phi) is 4.16. The van der Waals surface area contributed by atoms with Gasteiger partial charge in [0.2, 0.25) is 0 Å². The Labute approximate surface area is 102 Å². The Balaban J connectivity index is 2.02. The minimum Gasteiger partial charge on any atom is -0.241 e. The molecular weight excluding hydrogens is 220 g/mol. The summed E-state index contributed by atoms with van der Waals surface area (Å²) in [6.45, 7) is 2.29. The van der Waals surface area contributed by atoms with Gasteiger partial charge >= 0.3 is 0 Å². The SMILES string of the molecule is CCC1CCC(c2nccc(CCl)n2)CC1. The number of halogens is 1. The molecule has 0 unspecified atom stereocenters. The molecule has 2 rings (SSSR count). The zero-order valence-electron chi connectivity index (χ0n) is 9.82. The second-order valence-corrected chi connectivity index (χ2v) is 4.93. The number of aromatic nitrogens is 2. The lowest BCUT2D eigenvalue weighted by atomic mass is 9.80. The Morgan fingerprint density at radius 1 is 1.31 bits per heavy atom. The normalized spacial score (nSPS) is 25.6. The van der Waals surface area contributed by atoms with E-state index in [0.717, 1.165) is 17.4 Å². The fourth-order valence-electron chi connectivity index (χ4n) is 2.51. The van der Waals surface area contributed by atoms with Gasteiger partial charge in [-0.3, -0.25) is 0 Å². The first kappa shape index (κ1) is 11.8. The summed E-state index contributed by atoms with van der Waals surface area (Å²) in [5, 5.41) is 0. The molecule has 0 amide bonds. The average molecular weight is 239 g/mol. The summed E-state index contributed by atoms with van der Waals surface area (Å²) in [6.07, 6.45) is 8.29. The van der Waals surface area contributed by atoms with Crippen LogP contribution in [0.4, 0.5) is 0 Å². The van der Waals surface area contributed by atoms with E-state index < -0.39 is 0 Å². The summed E-state index contributed by atoms with van der Waals surface area (Å²) in [6, 6.07) is 1.90. The molecule has 0 spiro atoms. The van der Waals surface area contributed by atoms with Crippen LogP contribution in [0.3, 0.4) is 0 Å². The van der Waals surface area contributed by atoms with Gasteiger partial charge in [-0.15, -0.1) is 11.6 Å². The molecular formula is C13H19ClN2. The zero-order valence-corrected chi connectivity index (χ0v) is 10.6. The van der Waals surface area contributed by atoms with Gasteiger partial charge in [-0.2, -0.15) is 0 Å². The number of rotatable bonds is 3. The molecule has 1 saturated carbocycles. The molecule has 1 aromatic heterocycles. The van der Waals surface area contributed by atoms with Gasteiger partial charge < -0.3 is 0 Å². The van der Waals surface area contributed by atoms with Crippen molar-refractivity contribution in [1.82, 2.24) is 9.97 Å². The summed E-state index contributed by atoms with van der Waals surface area (Å²) >= 11 is 5.79. The summed E-state index contributed by atoms with van der Waals surface area (Å²) in [7, 11) is 0. The Morgan fingerprint density at radius 3 is 2.69 bits per heavy atom. The van der Waals surface area contributed by atoms with Gasteiger partial charge in [0.05, 0.1) is 11.6 Å². The molecule has 0 radical (unpaired) electrons. The van der Waals surface area contributed by atoms with Crippen molar-refractivity contribution in [2.75, 3.05) is 0 Å². The van der Waals surface area contributed by atoms with Gasteiger partial charge in [-0.1, -0.05) is 13.3 Å². The number of hydrogen-bond acceptors (Lipinski definition) is 2. The van der Waals surface area contributed by atoms with Crippen LogP contribution in [0.1, 0.15) is 56.5 Å². The van der Waals surface area contributed by atoms with Crippen molar-refractivity contribution in [2.45, 2.75) is 50.8 Å². The van der Waals surface area contributed by atoms with Crippen LogP contribution in [0.15, 0.2) is 12.3 Å². The van der Waals surface area contributed by atoms with Crippen LogP contribution in [0.5, 0.6) is 0 Å². The predicted octanol–water partition coefficient (Wildman–Crippen LogP) is 3.90. The highest BCUT2D eigenvalue weighted by molar-refractivity contribution is 6.16. The van der Waals surface area contributed by atoms with Crippen LogP contribution in [0.2, 0.25) is 0 Å². The lowest BCUT2D eigenvalue weighted by Gasteiger charge is -2.26. The van der Waals surface area contributed by atoms with Crippen molar-refractivity contribution in [1.29, 1.82) is 0 Å². The van der Waals surface area contributed by atoms with Gasteiger partial charge in [-0.05, 0) is 37.7 Å². The lowest BCUT2D eigenvalue weighted by molar-refractivity contribution is 0.312. The van der Waals surface area contributed by atoms with Gasteiger partial charge in [0, 0.05) is 12.1 Å². The second-order valence-electron chi connectivity index (χ2n) is 4.67. The molecule has 1 fully saturated rings. The third kappa shape index (κ3) is 2.73. The number of alkyl halides is 1. The van der Waals surface area contributed by atoms with Crippen molar-refractivity contribution >= 4 is 11.6 Å². The van der Waals surface area contributed by atoms with Crippen LogP contribution in [0.25, 0.3) is 0 Å². The fraction of sp³-hybridized carbons (Fsp3) is 0.692. The van der Waals surface area contributed by atoms with Crippen molar-refractivity contribution in [2.24, 2.45) is 5.92 Å². The highest BCUT2D eigenvalue weighted by Gasteiger charge is 2.23. The molecule has 1 heterocycles. The van der Waals surface area contributed by atoms with Gasteiger partial charge in [0.1, 0.15) is 5.82 Å². The summed E-state index contributed by atoms with van der Waals surface area (Å²) < 4.78 is 0. The molecule has 88 valence electrons. The maximum Gasteiger partial charge on any atom is 0.131 e. The Morgan fingerprint density at radius 2 is 2.06 bits per heavy atom. The summed E-state index contributed by atoms with van der Waals surface area (Å²) in [4.78, 5) is 8.91. The molecule has 0 bridgehead atoms. The van der Waals surface area contributed by atoms with Crippen LogP contribution in [-0.2, 0) is 5.88 Å². The van der Waals surface area contributed by atoms with Crippen molar-refractivity contribution in [3.8, 4) is 0 Å². The highest BCUT2D eigenvalue weighted by Crippen LogP contribution is 2.35. The van der Waals surface area contributed by atoms with Crippen molar-refractivity contribution < 1.29 is 0 Å². The van der Waals surface area contributed by atoms with Crippen LogP contribution in [0, 0.1) is 5.92 Å². The topological polar surface area (TPSA) is 25.8 Å². The minimum atomic E-state index is 0.486. The van der Waals surface area contributed by atoms with Crippen LogP contribution < -0.4 is 0 Å². The van der Waals surface area contributed by atoms with E-state index in [0.29, 0.717) is 11.8 Å². The molecule has 0 aliphatic heterocycles. The third-order valence-corrected chi connectivity index (χ3v) is 3.93. The molecule has 1 aromatic rings. The van der Waals surface area contributed by atoms with E-state index in [1.807, 2.05) is 12.3 Å². The largest absolute Gasteiger partial charge is 0.241 e. The molecule has 0 saturated heterocycles. The lowest BCUT2D eigenvalue weighted by Crippen LogP contribution is -2.15. The monoisotopic (exact) mass is 238 g/mol. The fourth-order valence-corrected chi connectivity index (χ4v) is 2.66. The first-order chi connectivity index (χ1) is 7.83. The Hall–Kier alpha value is -0.630. The molecule has 0 atom stereocenters. The second kappa shape index (κ2) is 5.62. The predicted molar refractivity (Wildman–Crippen MR) is 66.6 cm³/mol. The average Bonchev–Trinajstić information content (AvgIpc) is 2.39. The maximum absolute atomic E-state index is 5.79. The smallest absolute Gasteiger partial charge is 0.131 e. The number of nitrogens with zero attached hydrogens (tertiary/aromatic N) is 2. The zero-order chi connectivity index (χ0) is 11.4. The van der Waals surface area contributed by atoms with Crippen LogP contribution in [-0.4, -0.2) is 9.97 Å². The van der Waals surface area contributed by atoms with E-state index in [1.54, 1.807) is 0 Å². The van der Waals surface area contributed by atoms with Gasteiger partial charge in [0.15, 0.2) is 0 Å². The van der Waals surface area contributed by atoms with E-state index in [-0.39, 0.29) is 0 Å². The van der Waals surface area contributed by atoms with Crippen molar-refractivity contribution in [3.05, 3.63) is 23.8 Å². The molecule has 0 N–H and O–H groups in total. The van der Waals surface area contributed by atoms with E-state index in [4.69, 9.17) is 11.6 Å². The maximum atomic E-state index is 5.79. The minimum absolute atomic E-state index is 0.486. The highest BCUT2D eigenvalue weighted by atomic mass is 35.5. The van der Waals surface area contributed by atoms with Gasteiger partial charge in [-0.25, -0.2) is 9.97 Å². The first-order valence-electron chi connectivity index (χ1n) is 6.21. The third-order valence-electron chi connectivity index (χ3n) is 3.66. The van der Waals surface area contributed by atoms with Crippen LogP contribution >= 0.6 is 11.6 Å². The van der Waals surface area contributed by atoms with Crippen molar-refractivity contribution in [3.63, 3.8) is 0 Å². The van der Waals surface area contributed by atoms with E-state index in [2.05, 4.69) is 16.9 Å². The van der Waals surface area contributed by atoms with Gasteiger partial charge in [0.25, 0.3) is 0 Å². The molecule has 0 aromatic carbocycles. The quantitative estimate of drug-likeness (QED) is 0.747. The first-order valence-corrected chi connectivity index (χ1v) is 6.74. The van der Waals surface area contributed by atoms with E-state index >= 15 is 0 Å². The molecule has 3 heteroatoms. The summed E-state index contributed by atoms with van der Waals surface area (Å²) in [5.41, 5.74) is 0.948. The molecule has 2 nitrogen and oxygen atoms in total. The van der Waals surface area contributed by atoms with E-state index in [9.17, 15) is 0 Å². The molecule has 16 heavy (non-hydrogen) atoms. The summed E-state index contributed by atoms with van der Waals surface area (Å²) in [5.74, 6) is 2.98. The number of hydrogen-bond donors (Lipinski definition) is 0. The van der Waals surface area contributed by atoms with E-state index in [1.165, 1.54) is 32.1 Å². The molecule has 1 aliphatic carbocycles. The standard InChI is InChI=1S/C13H19ClN2/c1-2-10-3-5-11(6-4-10)13-15-8-7-12(9-14)16-13/h7-8,10-11H,2-6,9H2,1H3. The Bertz CT molecular complexity index is 332.